The maximum atomic E-state index is 12.6. The maximum absolute atomic E-state index is 12.6. The van der Waals surface area contributed by atoms with Gasteiger partial charge < -0.3 is 10.1 Å². The largest absolute Gasteiger partial charge is 0.422 e. The van der Waals surface area contributed by atoms with Crippen LogP contribution in [-0.2, 0) is 0 Å². The topological polar surface area (TPSA) is 62.7 Å². The van der Waals surface area contributed by atoms with Gasteiger partial charge in [-0.05, 0) is 61.8 Å². The number of nitrogens with one attached hydrogen (secondary N) is 2. The van der Waals surface area contributed by atoms with Crippen molar-refractivity contribution in [3.05, 3.63) is 63.6 Å². The van der Waals surface area contributed by atoms with E-state index in [0.717, 1.165) is 22.9 Å². The van der Waals surface area contributed by atoms with E-state index in [9.17, 15) is 4.79 Å². The monoisotopic (exact) mass is 473 g/mol. The first-order chi connectivity index (χ1) is 14.0. The molecule has 152 valence electrons. The van der Waals surface area contributed by atoms with Crippen molar-refractivity contribution in [2.24, 2.45) is 5.10 Å². The molecule has 2 aromatic rings. The summed E-state index contributed by atoms with van der Waals surface area (Å²) in [7, 11) is 0. The van der Waals surface area contributed by atoms with Gasteiger partial charge in [0.15, 0.2) is 5.11 Å². The summed E-state index contributed by atoms with van der Waals surface area (Å²) >= 11 is 8.77. The average Bonchev–Trinajstić information content (AvgIpc) is 2.71. The molecule has 0 heterocycles. The van der Waals surface area contributed by atoms with Crippen molar-refractivity contribution in [3.8, 4) is 5.75 Å². The van der Waals surface area contributed by atoms with Crippen LogP contribution in [0.3, 0.4) is 0 Å². The fourth-order valence-electron chi connectivity index (χ4n) is 3.29. The molecule has 0 atom stereocenters. The molecule has 2 aromatic carbocycles. The zero-order valence-corrected chi connectivity index (χ0v) is 18.7. The van der Waals surface area contributed by atoms with Crippen molar-refractivity contribution in [1.82, 2.24) is 10.7 Å². The second-order valence-corrected chi connectivity index (χ2v) is 8.39. The quantitative estimate of drug-likeness (QED) is 0.207. The lowest BCUT2D eigenvalue weighted by Crippen LogP contribution is -2.40. The Morgan fingerprint density at radius 1 is 1.21 bits per heavy atom. The molecule has 1 aliphatic rings. The Balaban J connectivity index is 1.65. The molecule has 0 unspecified atom stereocenters. The Kier molecular flexibility index (Phi) is 7.77. The molecule has 29 heavy (non-hydrogen) atoms. The highest BCUT2D eigenvalue weighted by Gasteiger charge is 2.15. The average molecular weight is 474 g/mol. The first-order valence-electron chi connectivity index (χ1n) is 9.70. The molecule has 5 nitrogen and oxygen atoms in total. The smallest absolute Gasteiger partial charge is 0.343 e. The SMILES string of the molecule is Cc1ccccc1C(=O)Oc1ccc(Br)cc1/C=N\NC(=S)NC1CCCCC1. The Bertz CT molecular complexity index is 911. The van der Waals surface area contributed by atoms with E-state index in [1.807, 2.05) is 37.3 Å². The van der Waals surface area contributed by atoms with Crippen LogP contribution in [-0.4, -0.2) is 23.3 Å². The van der Waals surface area contributed by atoms with Gasteiger partial charge in [0.05, 0.1) is 11.8 Å². The minimum atomic E-state index is -0.400. The van der Waals surface area contributed by atoms with Gasteiger partial charge in [-0.3, -0.25) is 5.43 Å². The zero-order chi connectivity index (χ0) is 20.6. The van der Waals surface area contributed by atoms with Gasteiger partial charge in [0.2, 0.25) is 0 Å². The molecule has 1 fully saturated rings. The molecule has 0 bridgehead atoms. The van der Waals surface area contributed by atoms with Crippen molar-refractivity contribution in [2.75, 3.05) is 0 Å². The van der Waals surface area contributed by atoms with Crippen LogP contribution in [0.5, 0.6) is 5.75 Å². The second kappa shape index (κ2) is 10.5. The molecule has 1 saturated carbocycles. The van der Waals surface area contributed by atoms with Crippen LogP contribution in [0, 0.1) is 6.92 Å². The van der Waals surface area contributed by atoms with Crippen LogP contribution in [0.2, 0.25) is 0 Å². The predicted octanol–water partition coefficient (Wildman–Crippen LogP) is 5.11. The van der Waals surface area contributed by atoms with Crippen molar-refractivity contribution in [1.29, 1.82) is 0 Å². The van der Waals surface area contributed by atoms with E-state index in [2.05, 4.69) is 31.8 Å². The van der Waals surface area contributed by atoms with E-state index in [0.29, 0.717) is 28.0 Å². The molecule has 0 radical (unpaired) electrons. The minimum absolute atomic E-state index is 0.400. The fraction of sp³-hybridized carbons (Fsp3) is 0.318. The molecule has 0 spiro atoms. The minimum Gasteiger partial charge on any atom is -0.422 e. The third-order valence-corrected chi connectivity index (χ3v) is 5.55. The number of rotatable bonds is 5. The number of hydrogen-bond donors (Lipinski definition) is 2. The van der Waals surface area contributed by atoms with E-state index in [-0.39, 0.29) is 0 Å². The molecule has 0 aromatic heterocycles. The van der Waals surface area contributed by atoms with Crippen LogP contribution >= 0.6 is 28.1 Å². The summed E-state index contributed by atoms with van der Waals surface area (Å²) in [5.41, 5.74) is 4.92. The lowest BCUT2D eigenvalue weighted by Gasteiger charge is -2.23. The molecule has 7 heteroatoms. The van der Waals surface area contributed by atoms with Gasteiger partial charge in [-0.25, -0.2) is 4.79 Å². The predicted molar refractivity (Wildman–Crippen MR) is 124 cm³/mol. The summed E-state index contributed by atoms with van der Waals surface area (Å²) in [5.74, 6) is 0.0284. The number of carbonyl (C=O) groups excluding carboxylic acids is 1. The van der Waals surface area contributed by atoms with Gasteiger partial charge in [-0.2, -0.15) is 5.10 Å². The number of ether oxygens (including phenoxy) is 1. The maximum Gasteiger partial charge on any atom is 0.343 e. The van der Waals surface area contributed by atoms with E-state index < -0.39 is 5.97 Å². The molecule has 2 N–H and O–H groups in total. The van der Waals surface area contributed by atoms with E-state index >= 15 is 0 Å². The summed E-state index contributed by atoms with van der Waals surface area (Å²) in [5, 5.41) is 8.02. The molecule has 0 saturated heterocycles. The van der Waals surface area contributed by atoms with Crippen molar-refractivity contribution in [2.45, 2.75) is 45.1 Å². The summed E-state index contributed by atoms with van der Waals surface area (Å²) in [4.78, 5) is 12.6. The number of benzene rings is 2. The highest BCUT2D eigenvalue weighted by molar-refractivity contribution is 9.10. The molecule has 0 aliphatic heterocycles. The molecular formula is C22H24BrN3O2S. The van der Waals surface area contributed by atoms with Gasteiger partial charge in [0.25, 0.3) is 0 Å². The van der Waals surface area contributed by atoms with Crippen LogP contribution in [0.15, 0.2) is 52.0 Å². The Morgan fingerprint density at radius 2 is 1.97 bits per heavy atom. The standard InChI is InChI=1S/C22H24BrN3O2S/c1-15-7-5-6-10-19(15)21(27)28-20-12-11-17(23)13-16(20)14-24-26-22(29)25-18-8-3-2-4-9-18/h5-7,10-14,18H,2-4,8-9H2,1H3,(H2,25,26,29)/b24-14-. The lowest BCUT2D eigenvalue weighted by molar-refractivity contribution is 0.0733. The van der Waals surface area contributed by atoms with Crippen LogP contribution in [0.25, 0.3) is 0 Å². The highest BCUT2D eigenvalue weighted by atomic mass is 79.9. The van der Waals surface area contributed by atoms with Crippen molar-refractivity contribution in [3.63, 3.8) is 0 Å². The molecule has 3 rings (SSSR count). The number of aryl methyl sites for hydroxylation is 1. The zero-order valence-electron chi connectivity index (χ0n) is 16.3. The van der Waals surface area contributed by atoms with Crippen LogP contribution in [0.4, 0.5) is 0 Å². The fourth-order valence-corrected chi connectivity index (χ4v) is 3.89. The summed E-state index contributed by atoms with van der Waals surface area (Å²) in [6, 6.07) is 13.1. The van der Waals surface area contributed by atoms with Crippen LogP contribution in [0.1, 0.15) is 53.6 Å². The van der Waals surface area contributed by atoms with E-state index in [1.165, 1.54) is 19.3 Å². The summed E-state index contributed by atoms with van der Waals surface area (Å²) in [6.45, 7) is 1.88. The van der Waals surface area contributed by atoms with Crippen molar-refractivity contribution < 1.29 is 9.53 Å². The Labute approximate surface area is 185 Å². The molecule has 1 aliphatic carbocycles. The molecule has 0 amide bonds. The first-order valence-corrected chi connectivity index (χ1v) is 10.9. The number of halogens is 1. The summed E-state index contributed by atoms with van der Waals surface area (Å²) < 4.78 is 6.48. The van der Waals surface area contributed by atoms with Gasteiger partial charge in [0.1, 0.15) is 5.75 Å². The van der Waals surface area contributed by atoms with Gasteiger partial charge in [-0.15, -0.1) is 0 Å². The van der Waals surface area contributed by atoms with E-state index in [1.54, 1.807) is 18.3 Å². The molecular weight excluding hydrogens is 450 g/mol. The first kappa shape index (κ1) is 21.5. The van der Waals surface area contributed by atoms with E-state index in [4.69, 9.17) is 17.0 Å². The number of carbonyl (C=O) groups is 1. The van der Waals surface area contributed by atoms with Crippen molar-refractivity contribution >= 4 is 45.4 Å². The third-order valence-electron chi connectivity index (χ3n) is 4.85. The second-order valence-electron chi connectivity index (χ2n) is 7.06. The Morgan fingerprint density at radius 3 is 2.72 bits per heavy atom. The number of thiocarbonyl (C=S) groups is 1. The lowest BCUT2D eigenvalue weighted by atomic mass is 9.96. The van der Waals surface area contributed by atoms with Gasteiger partial charge >= 0.3 is 5.97 Å². The Hall–Kier alpha value is -2.25. The number of hydrazone groups is 1. The highest BCUT2D eigenvalue weighted by Crippen LogP contribution is 2.23. The number of nitrogens with zero attached hydrogens (tertiary/aromatic N) is 1. The van der Waals surface area contributed by atoms with Gasteiger partial charge in [-0.1, -0.05) is 53.4 Å². The third kappa shape index (κ3) is 6.37. The normalized spacial score (nSPS) is 14.6. The number of hydrogen-bond acceptors (Lipinski definition) is 4. The summed E-state index contributed by atoms with van der Waals surface area (Å²) in [6.07, 6.45) is 7.63. The van der Waals surface area contributed by atoms with Gasteiger partial charge in [0, 0.05) is 16.1 Å². The van der Waals surface area contributed by atoms with Crippen LogP contribution < -0.4 is 15.5 Å². The number of esters is 1.